The van der Waals surface area contributed by atoms with E-state index in [9.17, 15) is 0 Å². The third-order valence-corrected chi connectivity index (χ3v) is 3.51. The Morgan fingerprint density at radius 3 is 2.05 bits per heavy atom. The number of benzene rings is 1. The van der Waals surface area contributed by atoms with E-state index in [1.54, 1.807) is 21.3 Å². The molecular formula is C16H27NO4. The molecule has 1 rings (SSSR count). The minimum absolute atomic E-state index is 0.0433. The second-order valence-corrected chi connectivity index (χ2v) is 5.75. The Hall–Kier alpha value is -1.46. The SMILES string of the molecule is COc1cc(OC)c(CNCC(C)(C)CCO)c(OC)c1. The van der Waals surface area contributed by atoms with Gasteiger partial charge < -0.3 is 24.6 Å². The minimum Gasteiger partial charge on any atom is -0.496 e. The van der Waals surface area contributed by atoms with E-state index in [0.29, 0.717) is 12.3 Å². The largest absolute Gasteiger partial charge is 0.496 e. The fraction of sp³-hybridized carbons (Fsp3) is 0.625. The van der Waals surface area contributed by atoms with Gasteiger partial charge in [0.2, 0.25) is 0 Å². The summed E-state index contributed by atoms with van der Waals surface area (Å²) in [6.07, 6.45) is 0.761. The molecule has 1 aromatic rings. The van der Waals surface area contributed by atoms with Crippen LogP contribution < -0.4 is 19.5 Å². The predicted molar refractivity (Wildman–Crippen MR) is 83.3 cm³/mol. The van der Waals surface area contributed by atoms with Gasteiger partial charge in [0.05, 0.1) is 26.9 Å². The molecule has 0 fully saturated rings. The van der Waals surface area contributed by atoms with Gasteiger partial charge in [-0.3, -0.25) is 0 Å². The lowest BCUT2D eigenvalue weighted by Crippen LogP contribution is -2.30. The third-order valence-electron chi connectivity index (χ3n) is 3.51. The quantitative estimate of drug-likeness (QED) is 0.732. The Labute approximate surface area is 127 Å². The zero-order valence-corrected chi connectivity index (χ0v) is 13.7. The molecule has 1 aromatic carbocycles. The van der Waals surface area contributed by atoms with Gasteiger partial charge in [-0.2, -0.15) is 0 Å². The molecule has 0 aliphatic carbocycles. The molecule has 0 aliphatic rings. The second-order valence-electron chi connectivity index (χ2n) is 5.75. The van der Waals surface area contributed by atoms with Crippen LogP contribution in [0.15, 0.2) is 12.1 Å². The van der Waals surface area contributed by atoms with Crippen LogP contribution in [0, 0.1) is 5.41 Å². The Morgan fingerprint density at radius 1 is 1.05 bits per heavy atom. The average molecular weight is 297 g/mol. The van der Waals surface area contributed by atoms with E-state index in [2.05, 4.69) is 19.2 Å². The first-order valence-electron chi connectivity index (χ1n) is 7.08. The van der Waals surface area contributed by atoms with Crippen molar-refractivity contribution < 1.29 is 19.3 Å². The molecule has 0 radical (unpaired) electrons. The highest BCUT2D eigenvalue weighted by molar-refractivity contribution is 5.50. The maximum Gasteiger partial charge on any atom is 0.130 e. The molecule has 0 amide bonds. The van der Waals surface area contributed by atoms with Crippen molar-refractivity contribution in [2.75, 3.05) is 34.5 Å². The van der Waals surface area contributed by atoms with Gasteiger partial charge in [-0.15, -0.1) is 0 Å². The molecule has 0 unspecified atom stereocenters. The van der Waals surface area contributed by atoms with Crippen molar-refractivity contribution in [3.8, 4) is 17.2 Å². The van der Waals surface area contributed by atoms with Gasteiger partial charge in [0.1, 0.15) is 17.2 Å². The Bertz CT molecular complexity index is 421. The molecular weight excluding hydrogens is 270 g/mol. The topological polar surface area (TPSA) is 60.0 Å². The lowest BCUT2D eigenvalue weighted by Gasteiger charge is -2.24. The Morgan fingerprint density at radius 2 is 1.62 bits per heavy atom. The lowest BCUT2D eigenvalue weighted by atomic mass is 9.89. The zero-order chi connectivity index (χ0) is 15.9. The van der Waals surface area contributed by atoms with Crippen LogP contribution in [0.5, 0.6) is 17.2 Å². The van der Waals surface area contributed by atoms with Gasteiger partial charge in [-0.1, -0.05) is 13.8 Å². The first-order valence-corrected chi connectivity index (χ1v) is 7.08. The van der Waals surface area contributed by atoms with Gasteiger partial charge in [0.25, 0.3) is 0 Å². The number of hydrogen-bond acceptors (Lipinski definition) is 5. The van der Waals surface area contributed by atoms with Crippen LogP contribution in [0.4, 0.5) is 0 Å². The van der Waals surface area contributed by atoms with E-state index >= 15 is 0 Å². The monoisotopic (exact) mass is 297 g/mol. The summed E-state index contributed by atoms with van der Waals surface area (Å²) in [6, 6.07) is 3.69. The number of hydrogen-bond donors (Lipinski definition) is 2. The van der Waals surface area contributed by atoms with Crippen molar-refractivity contribution in [1.82, 2.24) is 5.32 Å². The first-order chi connectivity index (χ1) is 9.97. The molecule has 0 atom stereocenters. The predicted octanol–water partition coefficient (Wildman–Crippen LogP) is 2.21. The fourth-order valence-electron chi connectivity index (χ4n) is 2.17. The first kappa shape index (κ1) is 17.6. The van der Waals surface area contributed by atoms with Crippen molar-refractivity contribution in [1.29, 1.82) is 0 Å². The van der Waals surface area contributed by atoms with Crippen LogP contribution in [0.2, 0.25) is 0 Å². The van der Waals surface area contributed by atoms with Crippen molar-refractivity contribution >= 4 is 0 Å². The molecule has 0 saturated heterocycles. The van der Waals surface area contributed by atoms with Gasteiger partial charge in [-0.05, 0) is 11.8 Å². The van der Waals surface area contributed by atoms with Crippen LogP contribution in [0.1, 0.15) is 25.8 Å². The molecule has 0 saturated carbocycles. The summed E-state index contributed by atoms with van der Waals surface area (Å²) in [7, 11) is 4.88. The van der Waals surface area contributed by atoms with Crippen LogP contribution in [0.25, 0.3) is 0 Å². The van der Waals surface area contributed by atoms with E-state index in [4.69, 9.17) is 19.3 Å². The van der Waals surface area contributed by atoms with Crippen LogP contribution in [-0.2, 0) is 6.54 Å². The normalized spacial score (nSPS) is 11.3. The fourth-order valence-corrected chi connectivity index (χ4v) is 2.17. The molecule has 120 valence electrons. The highest BCUT2D eigenvalue weighted by atomic mass is 16.5. The van der Waals surface area contributed by atoms with Gasteiger partial charge >= 0.3 is 0 Å². The smallest absolute Gasteiger partial charge is 0.130 e. The summed E-state index contributed by atoms with van der Waals surface area (Å²) in [5, 5.41) is 12.5. The molecule has 5 heteroatoms. The van der Waals surface area contributed by atoms with E-state index in [1.165, 1.54) is 0 Å². The highest BCUT2D eigenvalue weighted by Crippen LogP contribution is 2.34. The van der Waals surface area contributed by atoms with E-state index in [0.717, 1.165) is 30.0 Å². The molecule has 0 aliphatic heterocycles. The van der Waals surface area contributed by atoms with Crippen molar-refractivity contribution in [3.63, 3.8) is 0 Å². The standard InChI is InChI=1S/C16H27NO4/c1-16(2,6-7-18)11-17-10-13-14(20-4)8-12(19-3)9-15(13)21-5/h8-9,17-18H,6-7,10-11H2,1-5H3. The molecule has 0 heterocycles. The summed E-state index contributed by atoms with van der Waals surface area (Å²) in [5.74, 6) is 2.17. The summed E-state index contributed by atoms with van der Waals surface area (Å²) in [5.41, 5.74) is 1.00. The molecule has 21 heavy (non-hydrogen) atoms. The molecule has 0 spiro atoms. The van der Waals surface area contributed by atoms with Crippen molar-refractivity contribution in [2.45, 2.75) is 26.8 Å². The van der Waals surface area contributed by atoms with Crippen LogP contribution in [0.3, 0.4) is 0 Å². The highest BCUT2D eigenvalue weighted by Gasteiger charge is 2.18. The molecule has 2 N–H and O–H groups in total. The van der Waals surface area contributed by atoms with Crippen molar-refractivity contribution in [2.24, 2.45) is 5.41 Å². The number of aliphatic hydroxyl groups is 1. The number of rotatable bonds is 9. The molecule has 0 bridgehead atoms. The number of methoxy groups -OCH3 is 3. The van der Waals surface area contributed by atoms with Crippen LogP contribution in [-0.4, -0.2) is 39.6 Å². The summed E-state index contributed by atoms with van der Waals surface area (Å²) < 4.78 is 16.1. The maximum atomic E-state index is 9.06. The van der Waals surface area contributed by atoms with E-state index in [-0.39, 0.29) is 12.0 Å². The molecule has 5 nitrogen and oxygen atoms in total. The number of aliphatic hydroxyl groups excluding tert-OH is 1. The zero-order valence-electron chi connectivity index (χ0n) is 13.7. The number of nitrogens with one attached hydrogen (secondary N) is 1. The Balaban J connectivity index is 2.82. The summed E-state index contributed by atoms with van der Waals surface area (Å²) in [4.78, 5) is 0. The Kier molecular flexibility index (Phi) is 6.78. The minimum atomic E-state index is 0.0433. The van der Waals surface area contributed by atoms with Crippen LogP contribution >= 0.6 is 0 Å². The summed E-state index contributed by atoms with van der Waals surface area (Å²) >= 11 is 0. The van der Waals surface area contributed by atoms with Crippen molar-refractivity contribution in [3.05, 3.63) is 17.7 Å². The average Bonchev–Trinajstić information content (AvgIpc) is 2.46. The van der Waals surface area contributed by atoms with E-state index < -0.39 is 0 Å². The molecule has 0 aromatic heterocycles. The number of ether oxygens (including phenoxy) is 3. The lowest BCUT2D eigenvalue weighted by molar-refractivity contribution is 0.206. The van der Waals surface area contributed by atoms with Gasteiger partial charge in [0.15, 0.2) is 0 Å². The van der Waals surface area contributed by atoms with E-state index in [1.807, 2.05) is 12.1 Å². The third kappa shape index (κ3) is 5.10. The maximum absolute atomic E-state index is 9.06. The van der Waals surface area contributed by atoms with Gasteiger partial charge in [-0.25, -0.2) is 0 Å². The second kappa shape index (κ2) is 8.10. The van der Waals surface area contributed by atoms with Gasteiger partial charge in [0, 0.05) is 31.8 Å². The summed E-state index contributed by atoms with van der Waals surface area (Å²) in [6.45, 7) is 5.87.